The molecule has 4 aromatic rings. The van der Waals surface area contributed by atoms with E-state index in [1.165, 1.54) is 30.0 Å². The fraction of sp³-hybridized carbons (Fsp3) is 0.136. The zero-order valence-corrected chi connectivity index (χ0v) is 18.0. The van der Waals surface area contributed by atoms with Crippen LogP contribution in [-0.2, 0) is 23.3 Å². The molecule has 0 aliphatic rings. The van der Waals surface area contributed by atoms with Crippen molar-refractivity contribution in [1.29, 1.82) is 0 Å². The highest BCUT2D eigenvalue weighted by molar-refractivity contribution is 7.98. The predicted molar refractivity (Wildman–Crippen MR) is 119 cm³/mol. The average Bonchev–Trinajstić information content (AvgIpc) is 3.09. The number of para-hydroxylation sites is 1. The quantitative estimate of drug-likeness (QED) is 0.345. The normalized spacial score (nSPS) is 11.6. The number of pyridine rings is 1. The van der Waals surface area contributed by atoms with Crippen molar-refractivity contribution in [2.75, 3.05) is 5.32 Å². The number of carbonyl (C=O) groups excluding carboxylic acids is 1. The summed E-state index contributed by atoms with van der Waals surface area (Å²) in [5.41, 5.74) is 1.03. The van der Waals surface area contributed by atoms with Crippen molar-refractivity contribution in [3.05, 3.63) is 83.1 Å². The molecule has 0 spiro atoms. The van der Waals surface area contributed by atoms with Gasteiger partial charge in [0.1, 0.15) is 6.54 Å². The second-order valence-corrected chi connectivity index (χ2v) is 8.23. The molecule has 2 aromatic heterocycles. The van der Waals surface area contributed by atoms with Crippen molar-refractivity contribution in [3.8, 4) is 0 Å². The largest absolute Gasteiger partial charge is 0.418 e. The number of alkyl halides is 3. The van der Waals surface area contributed by atoms with Crippen LogP contribution >= 0.6 is 23.4 Å². The molecule has 2 aromatic carbocycles. The first-order valence-corrected chi connectivity index (χ1v) is 10.8. The molecule has 0 radical (unpaired) electrons. The van der Waals surface area contributed by atoms with Crippen LogP contribution in [0.25, 0.3) is 11.0 Å². The first-order valence-electron chi connectivity index (χ1n) is 9.45. The van der Waals surface area contributed by atoms with Gasteiger partial charge in [0.25, 0.3) is 0 Å². The molecule has 0 unspecified atom stereocenters. The number of anilines is 1. The van der Waals surface area contributed by atoms with Gasteiger partial charge >= 0.3 is 6.18 Å². The maximum atomic E-state index is 13.3. The molecule has 0 bridgehead atoms. The highest BCUT2D eigenvalue weighted by atomic mass is 35.5. The Kier molecular flexibility index (Phi) is 6.38. The number of carbonyl (C=O) groups is 1. The molecule has 10 heteroatoms. The van der Waals surface area contributed by atoms with Crippen molar-refractivity contribution >= 4 is 46.0 Å². The van der Waals surface area contributed by atoms with Crippen molar-refractivity contribution in [3.63, 3.8) is 0 Å². The van der Waals surface area contributed by atoms with E-state index < -0.39 is 17.6 Å². The summed E-state index contributed by atoms with van der Waals surface area (Å²) < 4.78 is 41.4. The van der Waals surface area contributed by atoms with Crippen molar-refractivity contribution in [1.82, 2.24) is 14.5 Å². The molecular formula is C22H16ClF3N4OS. The first-order chi connectivity index (χ1) is 15.3. The summed E-state index contributed by atoms with van der Waals surface area (Å²) in [5, 5.41) is 3.54. The Hall–Kier alpha value is -3.04. The number of aromatic nitrogens is 3. The number of rotatable bonds is 6. The molecular weight excluding hydrogens is 461 g/mol. The number of hydrogen-bond acceptors (Lipinski definition) is 4. The van der Waals surface area contributed by atoms with E-state index in [4.69, 9.17) is 11.6 Å². The number of thioether (sulfide) groups is 1. The van der Waals surface area contributed by atoms with Gasteiger partial charge in [0.05, 0.1) is 28.5 Å². The molecule has 1 N–H and O–H groups in total. The molecule has 0 atom stereocenters. The highest BCUT2D eigenvalue weighted by Crippen LogP contribution is 2.34. The third kappa shape index (κ3) is 5.05. The summed E-state index contributed by atoms with van der Waals surface area (Å²) in [6.07, 6.45) is -1.42. The van der Waals surface area contributed by atoms with Gasteiger partial charge in [-0.25, -0.2) is 4.98 Å². The van der Waals surface area contributed by atoms with E-state index in [9.17, 15) is 18.0 Å². The number of benzene rings is 2. The lowest BCUT2D eigenvalue weighted by Crippen LogP contribution is -2.21. The fourth-order valence-corrected chi connectivity index (χ4v) is 4.33. The molecule has 0 fully saturated rings. The van der Waals surface area contributed by atoms with Gasteiger partial charge in [-0.2, -0.15) is 13.2 Å². The second-order valence-electron chi connectivity index (χ2n) is 6.86. The number of nitrogens with one attached hydrogen (secondary N) is 1. The minimum Gasteiger partial charge on any atom is -0.324 e. The van der Waals surface area contributed by atoms with Gasteiger partial charge in [-0.1, -0.05) is 47.6 Å². The highest BCUT2D eigenvalue weighted by Gasteiger charge is 2.33. The molecule has 2 heterocycles. The summed E-state index contributed by atoms with van der Waals surface area (Å²) in [6, 6.07) is 14.0. The van der Waals surface area contributed by atoms with Crippen LogP contribution in [0, 0.1) is 0 Å². The smallest absolute Gasteiger partial charge is 0.324 e. The van der Waals surface area contributed by atoms with Crippen LogP contribution in [0.1, 0.15) is 11.1 Å². The zero-order valence-electron chi connectivity index (χ0n) is 16.4. The Labute approximate surface area is 190 Å². The monoisotopic (exact) mass is 476 g/mol. The van der Waals surface area contributed by atoms with Crippen LogP contribution in [-0.4, -0.2) is 20.4 Å². The second kappa shape index (κ2) is 9.22. The van der Waals surface area contributed by atoms with Gasteiger partial charge in [-0.3, -0.25) is 9.78 Å². The lowest BCUT2D eigenvalue weighted by atomic mass is 10.1. The van der Waals surface area contributed by atoms with Crippen molar-refractivity contribution < 1.29 is 18.0 Å². The van der Waals surface area contributed by atoms with Gasteiger partial charge in [0.15, 0.2) is 5.16 Å². The summed E-state index contributed by atoms with van der Waals surface area (Å²) >= 11 is 7.44. The number of halogens is 4. The topological polar surface area (TPSA) is 59.8 Å². The van der Waals surface area contributed by atoms with E-state index in [0.29, 0.717) is 27.0 Å². The molecule has 32 heavy (non-hydrogen) atoms. The Morgan fingerprint density at radius 2 is 1.94 bits per heavy atom. The third-order valence-corrected chi connectivity index (χ3v) is 5.86. The summed E-state index contributed by atoms with van der Waals surface area (Å²) in [5.74, 6) is -0.0509. The number of nitrogens with zero attached hydrogens (tertiary/aromatic N) is 3. The number of fused-ring (bicyclic) bond motifs is 1. The van der Waals surface area contributed by atoms with Crippen LogP contribution in [0.15, 0.2) is 72.1 Å². The van der Waals surface area contributed by atoms with Crippen LogP contribution in [0.4, 0.5) is 18.9 Å². The lowest BCUT2D eigenvalue weighted by molar-refractivity contribution is -0.137. The summed E-state index contributed by atoms with van der Waals surface area (Å²) in [4.78, 5) is 21.3. The Morgan fingerprint density at radius 1 is 1.12 bits per heavy atom. The van der Waals surface area contributed by atoms with E-state index >= 15 is 0 Å². The van der Waals surface area contributed by atoms with Crippen LogP contribution in [0.3, 0.4) is 0 Å². The maximum absolute atomic E-state index is 13.3. The van der Waals surface area contributed by atoms with E-state index in [-0.39, 0.29) is 12.2 Å². The number of amides is 1. The molecule has 0 aliphatic heterocycles. The molecule has 1 amide bonds. The van der Waals surface area contributed by atoms with E-state index in [0.717, 1.165) is 11.6 Å². The van der Waals surface area contributed by atoms with E-state index in [1.54, 1.807) is 29.1 Å². The van der Waals surface area contributed by atoms with E-state index in [1.807, 2.05) is 18.2 Å². The van der Waals surface area contributed by atoms with Gasteiger partial charge in [-0.05, 0) is 35.9 Å². The molecule has 0 saturated heterocycles. The minimum atomic E-state index is -4.58. The van der Waals surface area contributed by atoms with Crippen LogP contribution in [0.5, 0.6) is 0 Å². The van der Waals surface area contributed by atoms with Gasteiger partial charge in [0, 0.05) is 17.0 Å². The zero-order chi connectivity index (χ0) is 22.7. The van der Waals surface area contributed by atoms with Crippen molar-refractivity contribution in [2.45, 2.75) is 23.6 Å². The molecule has 0 saturated carbocycles. The summed E-state index contributed by atoms with van der Waals surface area (Å²) in [6.45, 7) is -0.216. The Bertz CT molecular complexity index is 1280. The first kappa shape index (κ1) is 22.2. The summed E-state index contributed by atoms with van der Waals surface area (Å²) in [7, 11) is 0. The molecule has 164 valence electrons. The average molecular weight is 477 g/mol. The SMILES string of the molecule is O=C(Cn1c(SCc2cccc(Cl)c2)nc2ccncc21)Nc1ccccc1C(F)(F)F. The Morgan fingerprint density at radius 3 is 2.72 bits per heavy atom. The predicted octanol–water partition coefficient (Wildman–Crippen LogP) is 6.03. The van der Waals surface area contributed by atoms with Crippen molar-refractivity contribution in [2.24, 2.45) is 0 Å². The lowest BCUT2D eigenvalue weighted by Gasteiger charge is -2.14. The third-order valence-electron chi connectivity index (χ3n) is 4.58. The molecule has 5 nitrogen and oxygen atoms in total. The van der Waals surface area contributed by atoms with Crippen LogP contribution < -0.4 is 5.32 Å². The molecule has 4 rings (SSSR count). The number of hydrogen-bond donors (Lipinski definition) is 1. The molecule has 0 aliphatic carbocycles. The van der Waals surface area contributed by atoms with Gasteiger partial charge in [0.2, 0.25) is 5.91 Å². The fourth-order valence-electron chi connectivity index (χ4n) is 3.16. The Balaban J connectivity index is 1.58. The van der Waals surface area contributed by atoms with E-state index in [2.05, 4.69) is 15.3 Å². The van der Waals surface area contributed by atoms with Gasteiger partial charge in [-0.15, -0.1) is 0 Å². The van der Waals surface area contributed by atoms with Crippen LogP contribution in [0.2, 0.25) is 5.02 Å². The standard InChI is InChI=1S/C22H16ClF3N4OS/c23-15-5-3-4-14(10-15)13-32-21-29-18-8-9-27-11-19(18)30(21)12-20(31)28-17-7-2-1-6-16(17)22(24,25)26/h1-11H,12-13H2,(H,28,31). The minimum absolute atomic E-state index is 0.216. The number of imidazole rings is 1. The maximum Gasteiger partial charge on any atom is 0.418 e. The van der Waals surface area contributed by atoms with Gasteiger partial charge < -0.3 is 9.88 Å².